The number of phenols is 2. The molecule has 0 aliphatic rings. The first-order valence-corrected chi connectivity index (χ1v) is 11.6. The Morgan fingerprint density at radius 1 is 0.633 bits per heavy atom. The van der Waals surface area contributed by atoms with Crippen LogP contribution in [0.2, 0.25) is 0 Å². The van der Waals surface area contributed by atoms with Gasteiger partial charge in [-0.2, -0.15) is 0 Å². The van der Waals surface area contributed by atoms with Gasteiger partial charge in [-0.05, 0) is 124 Å². The summed E-state index contributed by atoms with van der Waals surface area (Å²) in [4.78, 5) is 0. The van der Waals surface area contributed by atoms with Crippen LogP contribution < -0.4 is 4.74 Å². The number of ether oxygens (including phenoxy) is 1. The van der Waals surface area contributed by atoms with Crippen LogP contribution in [0, 0.1) is 6.92 Å². The Morgan fingerprint density at radius 3 is 1.53 bits per heavy atom. The molecule has 0 fully saturated rings. The fourth-order valence-corrected chi connectivity index (χ4v) is 4.42. The number of aromatic hydroxyl groups is 2. The molecule has 4 rings (SSSR count). The predicted octanol–water partition coefficient (Wildman–Crippen LogP) is 9.34. The van der Waals surface area contributed by atoms with E-state index in [0.717, 1.165) is 25.5 Å². The van der Waals surface area contributed by atoms with Gasteiger partial charge in [-0.3, -0.25) is 0 Å². The largest absolute Gasteiger partial charge is 0.507 e. The second-order valence-corrected chi connectivity index (χ2v) is 9.81. The molecule has 30 heavy (non-hydrogen) atoms. The Morgan fingerprint density at radius 2 is 1.03 bits per heavy atom. The molecule has 0 aliphatic carbocycles. The molecule has 0 saturated carbocycles. The van der Waals surface area contributed by atoms with Crippen molar-refractivity contribution in [1.29, 1.82) is 0 Å². The molecule has 0 atom stereocenters. The Hall–Kier alpha value is -1.28. The van der Waals surface area contributed by atoms with E-state index in [2.05, 4.69) is 88.8 Å². The van der Waals surface area contributed by atoms with Gasteiger partial charge in [0, 0.05) is 5.90 Å². The Bertz CT molecular complexity index is 1140. The van der Waals surface area contributed by atoms with Crippen molar-refractivity contribution in [3.8, 4) is 17.2 Å². The molecule has 2 N–H and O–H groups in total. The molecule has 0 amide bonds. The van der Waals surface area contributed by atoms with E-state index in [1.54, 1.807) is 31.4 Å². The highest BCUT2D eigenvalue weighted by molar-refractivity contribution is 9.11. The minimum absolute atomic E-state index is 0. The molecule has 4 aromatic carbocycles. The normalized spacial score (nSPS) is 10.3. The predicted molar refractivity (Wildman–Crippen MR) is 142 cm³/mol. The van der Waals surface area contributed by atoms with Crippen LogP contribution in [0.25, 0.3) is 21.5 Å². The van der Waals surface area contributed by atoms with Gasteiger partial charge in [0.1, 0.15) is 17.2 Å². The summed E-state index contributed by atoms with van der Waals surface area (Å²) in [6, 6.07) is 15.2. The fourth-order valence-electron chi connectivity index (χ4n) is 2.81. The van der Waals surface area contributed by atoms with Gasteiger partial charge in [-0.1, -0.05) is 29.4 Å². The van der Waals surface area contributed by atoms with E-state index < -0.39 is 0 Å². The first kappa shape index (κ1) is 25.0. The topological polar surface area (TPSA) is 49.7 Å². The van der Waals surface area contributed by atoms with Crippen LogP contribution in [0.3, 0.4) is 0 Å². The lowest BCUT2D eigenvalue weighted by atomic mass is 10.1. The van der Waals surface area contributed by atoms with Crippen LogP contribution in [0.5, 0.6) is 17.2 Å². The van der Waals surface area contributed by atoms with Crippen molar-refractivity contribution in [2.75, 3.05) is 7.11 Å². The van der Waals surface area contributed by atoms with E-state index in [9.17, 15) is 10.2 Å². The third-order valence-electron chi connectivity index (χ3n) is 4.36. The monoisotopic (exact) mass is 663 g/mol. The molecule has 0 saturated heterocycles. The minimum Gasteiger partial charge on any atom is -0.507 e. The third kappa shape index (κ3) is 5.49. The van der Waals surface area contributed by atoms with Crippen molar-refractivity contribution in [3.05, 3.63) is 72.0 Å². The number of methoxy groups -OCH3 is 1. The van der Waals surface area contributed by atoms with Crippen LogP contribution in [-0.4, -0.2) is 17.3 Å². The van der Waals surface area contributed by atoms with Gasteiger partial charge in [0.15, 0.2) is 0 Å². The molecular formula is C23H22Br4O3. The number of phenolic OH excluding ortho intramolecular Hbond substituents is 2. The average molecular weight is 667 g/mol. The minimum atomic E-state index is 0. The number of hydrogen-bond acceptors (Lipinski definition) is 3. The van der Waals surface area contributed by atoms with E-state index >= 15 is 0 Å². The molecule has 0 heterocycles. The van der Waals surface area contributed by atoms with Crippen LogP contribution in [0.15, 0.2) is 66.4 Å². The molecule has 0 radical (unpaired) electrons. The third-order valence-corrected chi connectivity index (χ3v) is 7.10. The van der Waals surface area contributed by atoms with Gasteiger partial charge in [0.05, 0.1) is 20.5 Å². The summed E-state index contributed by atoms with van der Waals surface area (Å²) in [6.45, 7) is 2.08. The highest BCUT2D eigenvalue weighted by Gasteiger charge is 2.06. The summed E-state index contributed by atoms with van der Waals surface area (Å²) in [5.74, 6) is 1.24. The molecule has 0 spiro atoms. The van der Waals surface area contributed by atoms with Crippen molar-refractivity contribution in [1.82, 2.24) is 0 Å². The van der Waals surface area contributed by atoms with E-state index in [4.69, 9.17) is 4.74 Å². The second kappa shape index (κ2) is 10.4. The highest BCUT2D eigenvalue weighted by atomic mass is 79.9. The molecule has 0 bridgehead atoms. The molecule has 0 aliphatic heterocycles. The molecule has 160 valence electrons. The van der Waals surface area contributed by atoms with Crippen LogP contribution in [0.1, 0.15) is 14.4 Å². The molecular weight excluding hydrogens is 644 g/mol. The van der Waals surface area contributed by atoms with Crippen LogP contribution in [0.4, 0.5) is 0 Å². The van der Waals surface area contributed by atoms with E-state index in [1.165, 1.54) is 16.3 Å². The number of aryl methyl sites for hydroxylation is 1. The van der Waals surface area contributed by atoms with Gasteiger partial charge in [0.2, 0.25) is 0 Å². The summed E-state index contributed by atoms with van der Waals surface area (Å²) in [7, 11) is 1.68. The van der Waals surface area contributed by atoms with Gasteiger partial charge in [-0.25, -0.2) is 0 Å². The fraction of sp³-hybridized carbons (Fsp3) is 0.130. The highest BCUT2D eigenvalue weighted by Crippen LogP contribution is 2.35. The standard InChI is InChI=1S/C12H10Br2O.C10H6Br2O2.CH4.H2/c1-7-3-8-5-11(14)12(15-2)6-9(8)4-10(7)13;11-7-1-5-3-10(14)8(12)2-6(5)4-9(7)13;;/h3-6H,1-2H3;1-4,13-14H;1H4;1H/i;;;1+1. The first-order valence-electron chi connectivity index (χ1n) is 8.43. The van der Waals surface area contributed by atoms with E-state index in [-0.39, 0.29) is 20.4 Å². The van der Waals surface area contributed by atoms with Crippen molar-refractivity contribution < 1.29 is 16.4 Å². The number of benzene rings is 4. The summed E-state index contributed by atoms with van der Waals surface area (Å²) in [6.07, 6.45) is 0. The van der Waals surface area contributed by atoms with Crippen molar-refractivity contribution in [3.63, 3.8) is 0 Å². The quantitative estimate of drug-likeness (QED) is 0.213. The molecule has 7 heteroatoms. The SMILES string of the molecule is C.COc1cc2cc(Br)c(C)cc2cc1Br.Oc1cc2cc(Br)c(O)cc2cc1Br.[2HH]. The number of halogens is 4. The van der Waals surface area contributed by atoms with Crippen molar-refractivity contribution in [2.45, 2.75) is 14.4 Å². The number of rotatable bonds is 1. The van der Waals surface area contributed by atoms with Gasteiger partial charge in [0.25, 0.3) is 0 Å². The van der Waals surface area contributed by atoms with Crippen LogP contribution >= 0.6 is 63.7 Å². The Kier molecular flexibility index (Phi) is 8.62. The smallest absolute Gasteiger partial charge is 0.133 e. The zero-order chi connectivity index (χ0) is 21.3. The maximum Gasteiger partial charge on any atom is 0.133 e. The molecule has 4 aromatic rings. The number of fused-ring (bicyclic) bond motifs is 2. The van der Waals surface area contributed by atoms with Gasteiger partial charge < -0.3 is 14.9 Å². The maximum absolute atomic E-state index is 9.45. The number of hydrogen-bond donors (Lipinski definition) is 2. The van der Waals surface area contributed by atoms with Crippen LogP contribution in [-0.2, 0) is 0 Å². The molecule has 0 unspecified atom stereocenters. The summed E-state index contributed by atoms with van der Waals surface area (Å²) < 4.78 is 8.61. The lowest BCUT2D eigenvalue weighted by Crippen LogP contribution is -1.86. The Labute approximate surface area is 211 Å². The van der Waals surface area contributed by atoms with Crippen molar-refractivity contribution >= 4 is 85.3 Å². The lowest BCUT2D eigenvalue weighted by Gasteiger charge is -2.07. The zero-order valence-corrected chi connectivity index (χ0v) is 21.8. The average Bonchev–Trinajstić information content (AvgIpc) is 2.66. The lowest BCUT2D eigenvalue weighted by molar-refractivity contribution is 0.413. The van der Waals surface area contributed by atoms with Crippen molar-refractivity contribution in [2.24, 2.45) is 0 Å². The summed E-state index contributed by atoms with van der Waals surface area (Å²) >= 11 is 13.4. The second-order valence-electron chi connectivity index (χ2n) is 6.39. The summed E-state index contributed by atoms with van der Waals surface area (Å²) in [5.41, 5.74) is 1.24. The van der Waals surface area contributed by atoms with E-state index in [1.807, 2.05) is 6.07 Å². The van der Waals surface area contributed by atoms with Gasteiger partial charge >= 0.3 is 0 Å². The molecule has 3 nitrogen and oxygen atoms in total. The molecule has 0 aromatic heterocycles. The maximum atomic E-state index is 9.45. The Balaban J connectivity index is 0.000000292. The zero-order valence-electron chi connectivity index (χ0n) is 15.4. The van der Waals surface area contributed by atoms with E-state index in [0.29, 0.717) is 8.95 Å². The summed E-state index contributed by atoms with van der Waals surface area (Å²) in [5, 5.41) is 23.0. The van der Waals surface area contributed by atoms with Gasteiger partial charge in [-0.15, -0.1) is 0 Å². The first-order chi connectivity index (χ1) is 13.7.